The van der Waals surface area contributed by atoms with Crippen LogP contribution in [0.25, 0.3) is 0 Å². The maximum absolute atomic E-state index is 11.9. The third-order valence-corrected chi connectivity index (χ3v) is 6.03. The molecule has 2 fully saturated rings. The lowest BCUT2D eigenvalue weighted by molar-refractivity contribution is 0.219. The van der Waals surface area contributed by atoms with Gasteiger partial charge >= 0.3 is 0 Å². The Morgan fingerprint density at radius 2 is 1.83 bits per heavy atom. The fraction of sp³-hybridized carbons (Fsp3) is 1.00. The van der Waals surface area contributed by atoms with Crippen molar-refractivity contribution < 1.29 is 8.42 Å². The van der Waals surface area contributed by atoms with Crippen LogP contribution in [0.5, 0.6) is 0 Å². The van der Waals surface area contributed by atoms with E-state index in [0.29, 0.717) is 37.6 Å². The summed E-state index contributed by atoms with van der Waals surface area (Å²) in [7, 11) is -3.00. The standard InChI is InChI=1S/C12H25N3O2S/c1-2-7-18(16,17)15-5-3-11(4-6-15)14-12-8-10(13)9-12/h10-12,14H,2-9,13H2,1H3. The van der Waals surface area contributed by atoms with Crippen molar-refractivity contribution in [1.82, 2.24) is 9.62 Å². The van der Waals surface area contributed by atoms with Crippen molar-refractivity contribution in [2.45, 2.75) is 57.2 Å². The van der Waals surface area contributed by atoms with Crippen LogP contribution < -0.4 is 11.1 Å². The third kappa shape index (κ3) is 3.44. The maximum Gasteiger partial charge on any atom is 0.214 e. The van der Waals surface area contributed by atoms with Crippen LogP contribution in [-0.4, -0.2) is 49.7 Å². The van der Waals surface area contributed by atoms with Crippen molar-refractivity contribution >= 4 is 10.0 Å². The van der Waals surface area contributed by atoms with Gasteiger partial charge in [0, 0.05) is 31.2 Å². The molecule has 18 heavy (non-hydrogen) atoms. The summed E-state index contributed by atoms with van der Waals surface area (Å²) in [6.07, 6.45) is 4.67. The molecule has 2 aliphatic rings. The minimum atomic E-state index is -3.00. The van der Waals surface area contributed by atoms with Crippen molar-refractivity contribution in [1.29, 1.82) is 0 Å². The Kier molecular flexibility index (Phi) is 4.64. The first-order chi connectivity index (χ1) is 8.51. The molecule has 1 saturated carbocycles. The van der Waals surface area contributed by atoms with E-state index in [1.165, 1.54) is 0 Å². The lowest BCUT2D eigenvalue weighted by Gasteiger charge is -2.39. The third-order valence-electron chi connectivity index (χ3n) is 3.96. The number of piperidine rings is 1. The van der Waals surface area contributed by atoms with E-state index in [1.54, 1.807) is 4.31 Å². The predicted octanol–water partition coefficient (Wildman–Crippen LogP) is 0.270. The number of nitrogens with zero attached hydrogens (tertiary/aromatic N) is 1. The van der Waals surface area contributed by atoms with Gasteiger partial charge in [0.1, 0.15) is 0 Å². The quantitative estimate of drug-likeness (QED) is 0.755. The molecule has 5 nitrogen and oxygen atoms in total. The van der Waals surface area contributed by atoms with E-state index >= 15 is 0 Å². The number of nitrogens with one attached hydrogen (secondary N) is 1. The molecule has 3 N–H and O–H groups in total. The highest BCUT2D eigenvalue weighted by Gasteiger charge is 2.31. The molecule has 0 aromatic rings. The van der Waals surface area contributed by atoms with E-state index in [1.807, 2.05) is 6.92 Å². The molecule has 1 aliphatic heterocycles. The largest absolute Gasteiger partial charge is 0.328 e. The Morgan fingerprint density at radius 3 is 2.33 bits per heavy atom. The number of sulfonamides is 1. The lowest BCUT2D eigenvalue weighted by atomic mass is 9.86. The van der Waals surface area contributed by atoms with Gasteiger partial charge in [-0.1, -0.05) is 6.92 Å². The molecule has 0 aromatic carbocycles. The van der Waals surface area contributed by atoms with Crippen LogP contribution in [0.3, 0.4) is 0 Å². The molecule has 0 radical (unpaired) electrons. The van der Waals surface area contributed by atoms with Gasteiger partial charge in [-0.2, -0.15) is 0 Å². The molecular weight excluding hydrogens is 250 g/mol. The van der Waals surface area contributed by atoms with Gasteiger partial charge in [-0.15, -0.1) is 0 Å². The topological polar surface area (TPSA) is 75.4 Å². The monoisotopic (exact) mass is 275 g/mol. The molecule has 1 saturated heterocycles. The lowest BCUT2D eigenvalue weighted by Crippen LogP contribution is -2.54. The van der Waals surface area contributed by atoms with E-state index in [9.17, 15) is 8.42 Å². The normalized spacial score (nSPS) is 31.2. The molecule has 1 aliphatic carbocycles. The molecule has 0 amide bonds. The van der Waals surface area contributed by atoms with Crippen LogP contribution in [0.2, 0.25) is 0 Å². The van der Waals surface area contributed by atoms with Gasteiger partial charge < -0.3 is 11.1 Å². The van der Waals surface area contributed by atoms with Gasteiger partial charge in [0.2, 0.25) is 10.0 Å². The molecule has 0 bridgehead atoms. The summed E-state index contributed by atoms with van der Waals surface area (Å²) in [6.45, 7) is 3.24. The zero-order valence-corrected chi connectivity index (χ0v) is 12.0. The van der Waals surface area contributed by atoms with Crippen molar-refractivity contribution in [3.63, 3.8) is 0 Å². The SMILES string of the molecule is CCCS(=O)(=O)N1CCC(NC2CC(N)C2)CC1. The van der Waals surface area contributed by atoms with Crippen molar-refractivity contribution in [2.75, 3.05) is 18.8 Å². The molecular formula is C12H25N3O2S. The second-order valence-corrected chi connectivity index (χ2v) is 7.67. The smallest absolute Gasteiger partial charge is 0.214 e. The molecule has 6 heteroatoms. The average Bonchev–Trinajstić information content (AvgIpc) is 2.28. The molecule has 0 unspecified atom stereocenters. The highest BCUT2D eigenvalue weighted by Crippen LogP contribution is 2.21. The summed E-state index contributed by atoms with van der Waals surface area (Å²) in [5.41, 5.74) is 5.76. The van der Waals surface area contributed by atoms with Gasteiger partial charge in [-0.3, -0.25) is 0 Å². The zero-order chi connectivity index (χ0) is 13.2. The second kappa shape index (κ2) is 5.86. The van der Waals surface area contributed by atoms with Gasteiger partial charge in [0.15, 0.2) is 0 Å². The van der Waals surface area contributed by atoms with Crippen LogP contribution in [0.4, 0.5) is 0 Å². The Morgan fingerprint density at radius 1 is 1.22 bits per heavy atom. The first-order valence-corrected chi connectivity index (χ1v) is 8.61. The van der Waals surface area contributed by atoms with Gasteiger partial charge in [-0.05, 0) is 32.1 Å². The summed E-state index contributed by atoms with van der Waals surface area (Å²) in [5, 5.41) is 3.59. The molecule has 0 spiro atoms. The van der Waals surface area contributed by atoms with Gasteiger partial charge in [0.25, 0.3) is 0 Å². The minimum absolute atomic E-state index is 0.280. The summed E-state index contributed by atoms with van der Waals surface area (Å²) in [6, 6.07) is 1.40. The molecule has 106 valence electrons. The zero-order valence-electron chi connectivity index (χ0n) is 11.1. The first-order valence-electron chi connectivity index (χ1n) is 7.00. The highest BCUT2D eigenvalue weighted by molar-refractivity contribution is 7.89. The summed E-state index contributed by atoms with van der Waals surface area (Å²) in [5.74, 6) is 0.280. The average molecular weight is 275 g/mol. The molecule has 2 rings (SSSR count). The summed E-state index contributed by atoms with van der Waals surface area (Å²) >= 11 is 0. The van der Waals surface area contributed by atoms with Crippen LogP contribution >= 0.6 is 0 Å². The van der Waals surface area contributed by atoms with Crippen LogP contribution in [0.15, 0.2) is 0 Å². The maximum atomic E-state index is 11.9. The van der Waals surface area contributed by atoms with Crippen LogP contribution in [0.1, 0.15) is 39.0 Å². The van der Waals surface area contributed by atoms with E-state index in [0.717, 1.165) is 25.7 Å². The van der Waals surface area contributed by atoms with E-state index in [2.05, 4.69) is 5.32 Å². The second-order valence-electron chi connectivity index (χ2n) is 5.58. The van der Waals surface area contributed by atoms with Crippen LogP contribution in [-0.2, 0) is 10.0 Å². The Hall–Kier alpha value is -0.170. The number of nitrogens with two attached hydrogens (primary N) is 1. The van der Waals surface area contributed by atoms with Gasteiger partial charge in [-0.25, -0.2) is 12.7 Å². The fourth-order valence-corrected chi connectivity index (χ4v) is 4.36. The molecule has 1 heterocycles. The molecule has 0 atom stereocenters. The van der Waals surface area contributed by atoms with Gasteiger partial charge in [0.05, 0.1) is 5.75 Å². The predicted molar refractivity (Wildman–Crippen MR) is 72.8 cm³/mol. The van der Waals surface area contributed by atoms with Crippen molar-refractivity contribution in [2.24, 2.45) is 5.73 Å². The Balaban J connectivity index is 1.74. The summed E-state index contributed by atoms with van der Waals surface area (Å²) in [4.78, 5) is 0. The van der Waals surface area contributed by atoms with Crippen molar-refractivity contribution in [3.8, 4) is 0 Å². The van der Waals surface area contributed by atoms with Crippen molar-refractivity contribution in [3.05, 3.63) is 0 Å². The Bertz CT molecular complexity index is 358. The van der Waals surface area contributed by atoms with E-state index in [-0.39, 0.29) is 5.75 Å². The van der Waals surface area contributed by atoms with E-state index in [4.69, 9.17) is 5.73 Å². The summed E-state index contributed by atoms with van der Waals surface area (Å²) < 4.78 is 25.5. The fourth-order valence-electron chi connectivity index (χ4n) is 2.82. The minimum Gasteiger partial charge on any atom is -0.328 e. The number of hydrogen-bond donors (Lipinski definition) is 2. The Labute approximate surface area is 110 Å². The highest BCUT2D eigenvalue weighted by atomic mass is 32.2. The number of rotatable bonds is 5. The number of hydrogen-bond acceptors (Lipinski definition) is 4. The van der Waals surface area contributed by atoms with E-state index < -0.39 is 10.0 Å². The molecule has 0 aromatic heterocycles. The first kappa shape index (κ1) is 14.2. The van der Waals surface area contributed by atoms with Crippen LogP contribution in [0, 0.1) is 0 Å².